The monoisotopic (exact) mass is 615 g/mol. The van der Waals surface area contributed by atoms with Gasteiger partial charge in [-0.2, -0.15) is 0 Å². The average Bonchev–Trinajstić information content (AvgIpc) is 3.21. The summed E-state index contributed by atoms with van der Waals surface area (Å²) < 4.78 is 0. The van der Waals surface area contributed by atoms with Crippen molar-refractivity contribution in [3.63, 3.8) is 0 Å². The number of carbonyl (C=O) groups excluding carboxylic acids is 2. The van der Waals surface area contributed by atoms with Crippen LogP contribution in [-0.2, 0) is 9.59 Å². The number of carboxylic acid groups (broad SMARTS) is 1. The molecule has 0 radical (unpaired) electrons. The van der Waals surface area contributed by atoms with E-state index in [0.717, 1.165) is 60.8 Å². The van der Waals surface area contributed by atoms with Crippen molar-refractivity contribution < 1.29 is 19.5 Å². The van der Waals surface area contributed by atoms with Crippen LogP contribution >= 0.6 is 0 Å². The number of hydrogen-bond donors (Lipinski definition) is 1. The van der Waals surface area contributed by atoms with E-state index in [9.17, 15) is 14.4 Å². The first-order valence-corrected chi connectivity index (χ1v) is 16.5. The van der Waals surface area contributed by atoms with Crippen molar-refractivity contribution in [2.45, 2.75) is 112 Å². The fourth-order valence-corrected chi connectivity index (χ4v) is 7.09. The van der Waals surface area contributed by atoms with Crippen molar-refractivity contribution in [3.8, 4) is 0 Å². The highest BCUT2D eigenvalue weighted by Gasteiger charge is 2.52. The van der Waals surface area contributed by atoms with Crippen LogP contribution in [0.5, 0.6) is 0 Å². The normalized spacial score (nSPS) is 21.2. The minimum atomic E-state index is -0.935. The van der Waals surface area contributed by atoms with Gasteiger partial charge in [0, 0.05) is 24.7 Å². The van der Waals surface area contributed by atoms with Crippen molar-refractivity contribution in [2.24, 2.45) is 21.7 Å². The summed E-state index contributed by atoms with van der Waals surface area (Å²) >= 11 is 0. The lowest BCUT2D eigenvalue weighted by atomic mass is 9.69. The fourth-order valence-electron chi connectivity index (χ4n) is 7.09. The maximum atomic E-state index is 14.7. The van der Waals surface area contributed by atoms with Crippen LogP contribution in [0.4, 0.5) is 0 Å². The molecule has 2 aromatic rings. The standard InChI is InChI=1S/C38H53N3O4/c1-25-22-26(2)24-29(23-25)33-35(45)41(38(39-33)19-14-30(15-20-38)37(6,7)8)31(16-18-36(3,4)5)27-10-12-28(13-11-27)34(44)40(9)21-17-32(42)43/h10-13,22-24,30-31H,14-21H2,1-9H3,(H,42,43). The number of aliphatic imine (C=N–C) groups is 1. The zero-order chi connectivity index (χ0) is 33.3. The summed E-state index contributed by atoms with van der Waals surface area (Å²) in [7, 11) is 1.62. The van der Waals surface area contributed by atoms with Crippen molar-refractivity contribution in [1.82, 2.24) is 9.80 Å². The minimum absolute atomic E-state index is 0.0123. The predicted molar refractivity (Wildman–Crippen MR) is 181 cm³/mol. The molecule has 4 rings (SSSR count). The second-order valence-corrected chi connectivity index (χ2v) is 15.7. The summed E-state index contributed by atoms with van der Waals surface area (Å²) in [6, 6.07) is 13.6. The largest absolute Gasteiger partial charge is 0.481 e. The third-order valence-corrected chi connectivity index (χ3v) is 9.73. The summed E-state index contributed by atoms with van der Waals surface area (Å²) in [4.78, 5) is 47.7. The maximum absolute atomic E-state index is 14.7. The molecule has 1 aliphatic heterocycles. The van der Waals surface area contributed by atoms with Crippen molar-refractivity contribution in [2.75, 3.05) is 13.6 Å². The van der Waals surface area contributed by atoms with Gasteiger partial charge < -0.3 is 14.9 Å². The summed E-state index contributed by atoms with van der Waals surface area (Å²) in [5.41, 5.74) is 4.82. The maximum Gasteiger partial charge on any atom is 0.305 e. The van der Waals surface area contributed by atoms with Crippen LogP contribution < -0.4 is 0 Å². The lowest BCUT2D eigenvalue weighted by molar-refractivity contribution is -0.137. The Morgan fingerprint density at radius 2 is 1.58 bits per heavy atom. The highest BCUT2D eigenvalue weighted by molar-refractivity contribution is 6.46. The Hall–Kier alpha value is -3.48. The number of aliphatic carboxylic acids is 1. The molecule has 2 amide bonds. The molecule has 0 bridgehead atoms. The van der Waals surface area contributed by atoms with Crippen LogP contribution in [0.1, 0.15) is 125 Å². The Kier molecular flexibility index (Phi) is 10.0. The molecular formula is C38H53N3O4. The predicted octanol–water partition coefficient (Wildman–Crippen LogP) is 7.98. The topological polar surface area (TPSA) is 90.3 Å². The number of aryl methyl sites for hydroxylation is 2. The number of carboxylic acids is 1. The lowest BCUT2D eigenvalue weighted by Crippen LogP contribution is -2.51. The van der Waals surface area contributed by atoms with Crippen LogP contribution in [0, 0.1) is 30.6 Å². The van der Waals surface area contributed by atoms with Crippen molar-refractivity contribution >= 4 is 23.5 Å². The molecule has 0 aromatic heterocycles. The molecule has 1 saturated carbocycles. The molecular weight excluding hydrogens is 562 g/mol. The molecule has 7 heteroatoms. The van der Waals surface area contributed by atoms with E-state index < -0.39 is 11.6 Å². The van der Waals surface area contributed by atoms with Crippen LogP contribution in [-0.4, -0.2) is 57.7 Å². The van der Waals surface area contributed by atoms with E-state index in [2.05, 4.69) is 78.5 Å². The van der Waals surface area contributed by atoms with Gasteiger partial charge in [0.15, 0.2) is 0 Å². The van der Waals surface area contributed by atoms with E-state index in [4.69, 9.17) is 10.1 Å². The highest BCUT2D eigenvalue weighted by atomic mass is 16.4. The molecule has 1 spiro atoms. The van der Waals surface area contributed by atoms with Gasteiger partial charge >= 0.3 is 5.97 Å². The molecule has 1 fully saturated rings. The second kappa shape index (κ2) is 13.1. The van der Waals surface area contributed by atoms with E-state index in [0.29, 0.717) is 17.2 Å². The van der Waals surface area contributed by atoms with Gasteiger partial charge in [-0.25, -0.2) is 0 Å². The van der Waals surface area contributed by atoms with Crippen LogP contribution in [0.2, 0.25) is 0 Å². The Balaban J connectivity index is 1.76. The molecule has 2 aromatic carbocycles. The van der Waals surface area contributed by atoms with Gasteiger partial charge in [0.2, 0.25) is 0 Å². The molecule has 2 aliphatic rings. The molecule has 1 atom stereocenters. The number of rotatable bonds is 9. The van der Waals surface area contributed by atoms with Gasteiger partial charge in [-0.1, -0.05) is 70.9 Å². The summed E-state index contributed by atoms with van der Waals surface area (Å²) in [6.07, 6.45) is 5.27. The Morgan fingerprint density at radius 3 is 2.09 bits per heavy atom. The lowest BCUT2D eigenvalue weighted by Gasteiger charge is -2.47. The van der Waals surface area contributed by atoms with Gasteiger partial charge in [0.05, 0.1) is 12.5 Å². The Morgan fingerprint density at radius 1 is 1.00 bits per heavy atom. The first-order valence-electron chi connectivity index (χ1n) is 16.5. The molecule has 7 nitrogen and oxygen atoms in total. The van der Waals surface area contributed by atoms with Gasteiger partial charge in [-0.15, -0.1) is 0 Å². The van der Waals surface area contributed by atoms with E-state index in [1.54, 1.807) is 7.05 Å². The molecule has 244 valence electrons. The SMILES string of the molecule is Cc1cc(C)cc(C2=NC3(CCC(C(C)(C)C)CC3)N(C(CCC(C)(C)C)c3ccc(C(=O)N(C)CCC(=O)O)cc3)C2=O)c1. The second-order valence-electron chi connectivity index (χ2n) is 15.7. The number of hydrogen-bond acceptors (Lipinski definition) is 4. The van der Waals surface area contributed by atoms with Crippen LogP contribution in [0.15, 0.2) is 47.5 Å². The van der Waals surface area contributed by atoms with E-state index >= 15 is 0 Å². The van der Waals surface area contributed by atoms with Crippen molar-refractivity contribution in [1.29, 1.82) is 0 Å². The summed E-state index contributed by atoms with van der Waals surface area (Å²) in [6.45, 7) is 17.9. The fraction of sp³-hybridized carbons (Fsp3) is 0.579. The Labute approximate surface area is 270 Å². The number of nitrogens with zero attached hydrogens (tertiary/aromatic N) is 3. The molecule has 1 N–H and O–H groups in total. The number of amides is 2. The van der Waals surface area contributed by atoms with Crippen molar-refractivity contribution in [3.05, 3.63) is 70.3 Å². The third kappa shape index (κ3) is 8.03. The van der Waals surface area contributed by atoms with Gasteiger partial charge in [-0.05, 0) is 98.9 Å². The van der Waals surface area contributed by atoms with Gasteiger partial charge in [-0.3, -0.25) is 19.4 Å². The molecule has 1 heterocycles. The summed E-state index contributed by atoms with van der Waals surface area (Å²) in [5.74, 6) is -0.600. The quantitative estimate of drug-likeness (QED) is 0.310. The van der Waals surface area contributed by atoms with Crippen LogP contribution in [0.25, 0.3) is 0 Å². The van der Waals surface area contributed by atoms with Gasteiger partial charge in [0.1, 0.15) is 11.4 Å². The minimum Gasteiger partial charge on any atom is -0.481 e. The molecule has 0 saturated heterocycles. The highest BCUT2D eigenvalue weighted by Crippen LogP contribution is 2.50. The number of carbonyl (C=O) groups is 3. The zero-order valence-corrected chi connectivity index (χ0v) is 28.9. The Bertz CT molecular complexity index is 1420. The number of benzene rings is 2. The molecule has 1 unspecified atom stereocenters. The van der Waals surface area contributed by atoms with E-state index in [-0.39, 0.29) is 41.7 Å². The molecule has 45 heavy (non-hydrogen) atoms. The summed E-state index contributed by atoms with van der Waals surface area (Å²) in [5, 5.41) is 9.04. The first-order chi connectivity index (χ1) is 20.9. The smallest absolute Gasteiger partial charge is 0.305 e. The zero-order valence-electron chi connectivity index (χ0n) is 28.9. The first kappa shape index (κ1) is 34.4. The van der Waals surface area contributed by atoms with Crippen LogP contribution in [0.3, 0.4) is 0 Å². The van der Waals surface area contributed by atoms with Gasteiger partial charge in [0.25, 0.3) is 11.8 Å². The average molecular weight is 616 g/mol. The third-order valence-electron chi connectivity index (χ3n) is 9.73. The van der Waals surface area contributed by atoms with E-state index in [1.807, 2.05) is 24.3 Å². The molecule has 1 aliphatic carbocycles. The van der Waals surface area contributed by atoms with E-state index in [1.165, 1.54) is 4.90 Å².